The lowest BCUT2D eigenvalue weighted by molar-refractivity contribution is 0.0418. The van der Waals surface area contributed by atoms with Gasteiger partial charge in [0.05, 0.1) is 6.10 Å². The van der Waals surface area contributed by atoms with Gasteiger partial charge < -0.3 is 10.1 Å². The van der Waals surface area contributed by atoms with Gasteiger partial charge in [0.2, 0.25) is 0 Å². The van der Waals surface area contributed by atoms with Gasteiger partial charge >= 0.3 is 0 Å². The Bertz CT molecular complexity index is 227. The Morgan fingerprint density at radius 2 is 1.94 bits per heavy atom. The van der Waals surface area contributed by atoms with Crippen LogP contribution in [0.25, 0.3) is 0 Å². The Balaban J connectivity index is 1.90. The van der Waals surface area contributed by atoms with E-state index < -0.39 is 0 Å². The number of likely N-dealkylation sites (N-methyl/N-ethyl adjacent to an activating group) is 2. The molecule has 0 amide bonds. The lowest BCUT2D eigenvalue weighted by atomic mass is 9.88. The molecular formula is C15H30N2O. The van der Waals surface area contributed by atoms with Crippen molar-refractivity contribution in [1.29, 1.82) is 0 Å². The Labute approximate surface area is 112 Å². The van der Waals surface area contributed by atoms with Crippen LogP contribution < -0.4 is 5.32 Å². The van der Waals surface area contributed by atoms with Crippen LogP contribution in [-0.4, -0.2) is 49.3 Å². The summed E-state index contributed by atoms with van der Waals surface area (Å²) in [6.07, 6.45) is 8.51. The van der Waals surface area contributed by atoms with Gasteiger partial charge in [0, 0.05) is 25.2 Å². The van der Waals surface area contributed by atoms with Crippen molar-refractivity contribution in [3.63, 3.8) is 0 Å². The molecule has 18 heavy (non-hydrogen) atoms. The molecule has 0 aromatic carbocycles. The summed E-state index contributed by atoms with van der Waals surface area (Å²) >= 11 is 0. The highest BCUT2D eigenvalue weighted by Crippen LogP contribution is 2.25. The molecule has 3 nitrogen and oxygen atoms in total. The van der Waals surface area contributed by atoms with Crippen molar-refractivity contribution in [3.8, 4) is 0 Å². The van der Waals surface area contributed by atoms with Gasteiger partial charge in [-0.2, -0.15) is 0 Å². The first-order valence-corrected chi connectivity index (χ1v) is 7.94. The van der Waals surface area contributed by atoms with Crippen molar-refractivity contribution >= 4 is 0 Å². The molecule has 2 fully saturated rings. The van der Waals surface area contributed by atoms with E-state index in [-0.39, 0.29) is 0 Å². The highest BCUT2D eigenvalue weighted by molar-refractivity contribution is 4.89. The van der Waals surface area contributed by atoms with Crippen LogP contribution in [0.5, 0.6) is 0 Å². The minimum atomic E-state index is 0.495. The molecule has 0 bridgehead atoms. The molecule has 1 N–H and O–H groups in total. The van der Waals surface area contributed by atoms with E-state index >= 15 is 0 Å². The fourth-order valence-corrected chi connectivity index (χ4v) is 3.60. The molecule has 106 valence electrons. The van der Waals surface area contributed by atoms with Crippen LogP contribution in [0, 0.1) is 0 Å². The van der Waals surface area contributed by atoms with Crippen LogP contribution in [-0.2, 0) is 4.74 Å². The normalized spacial score (nSPS) is 33.2. The summed E-state index contributed by atoms with van der Waals surface area (Å²) in [6, 6.07) is 1.43. The molecule has 0 spiro atoms. The fraction of sp³-hybridized carbons (Fsp3) is 1.00. The summed E-state index contributed by atoms with van der Waals surface area (Å²) < 4.78 is 5.81. The van der Waals surface area contributed by atoms with Gasteiger partial charge in [-0.15, -0.1) is 0 Å². The van der Waals surface area contributed by atoms with Crippen molar-refractivity contribution in [2.45, 2.75) is 70.6 Å². The molecule has 0 aromatic rings. The fourth-order valence-electron chi connectivity index (χ4n) is 3.60. The zero-order chi connectivity index (χ0) is 12.8. The third-order valence-corrected chi connectivity index (χ3v) is 4.53. The Kier molecular flexibility index (Phi) is 5.93. The van der Waals surface area contributed by atoms with E-state index in [9.17, 15) is 0 Å². The summed E-state index contributed by atoms with van der Waals surface area (Å²) in [5.41, 5.74) is 0. The number of hydrogen-bond acceptors (Lipinski definition) is 3. The summed E-state index contributed by atoms with van der Waals surface area (Å²) in [6.45, 7) is 8.90. The number of nitrogens with one attached hydrogen (secondary N) is 1. The number of ether oxygens (including phenoxy) is 1. The Morgan fingerprint density at radius 3 is 2.61 bits per heavy atom. The number of hydrogen-bond donors (Lipinski definition) is 1. The topological polar surface area (TPSA) is 24.5 Å². The van der Waals surface area contributed by atoms with Crippen LogP contribution in [0.15, 0.2) is 0 Å². The maximum atomic E-state index is 5.81. The maximum Gasteiger partial charge on any atom is 0.0702 e. The van der Waals surface area contributed by atoms with Crippen LogP contribution in [0.2, 0.25) is 0 Å². The average molecular weight is 254 g/mol. The van der Waals surface area contributed by atoms with Gasteiger partial charge in [-0.25, -0.2) is 0 Å². The zero-order valence-corrected chi connectivity index (χ0v) is 12.2. The molecule has 0 radical (unpaired) electrons. The highest BCUT2D eigenvalue weighted by Gasteiger charge is 2.30. The van der Waals surface area contributed by atoms with E-state index in [1.165, 1.54) is 38.5 Å². The Morgan fingerprint density at radius 1 is 1.11 bits per heavy atom. The van der Waals surface area contributed by atoms with Gasteiger partial charge in [0.25, 0.3) is 0 Å². The third kappa shape index (κ3) is 3.69. The van der Waals surface area contributed by atoms with Gasteiger partial charge in [-0.05, 0) is 38.8 Å². The summed E-state index contributed by atoms with van der Waals surface area (Å²) in [7, 11) is 0. The van der Waals surface area contributed by atoms with Crippen molar-refractivity contribution in [2.75, 3.05) is 26.2 Å². The maximum absolute atomic E-state index is 5.81. The van der Waals surface area contributed by atoms with Gasteiger partial charge in [-0.3, -0.25) is 4.90 Å². The molecule has 2 rings (SSSR count). The molecule has 1 saturated carbocycles. The van der Waals surface area contributed by atoms with E-state index in [0.717, 1.165) is 32.3 Å². The summed E-state index contributed by atoms with van der Waals surface area (Å²) in [5, 5.41) is 3.69. The van der Waals surface area contributed by atoms with Crippen LogP contribution in [0.3, 0.4) is 0 Å². The summed E-state index contributed by atoms with van der Waals surface area (Å²) in [5.74, 6) is 0. The smallest absolute Gasteiger partial charge is 0.0702 e. The average Bonchev–Trinajstić information content (AvgIpc) is 2.90. The summed E-state index contributed by atoms with van der Waals surface area (Å²) in [4.78, 5) is 2.67. The molecular weight excluding hydrogens is 224 g/mol. The van der Waals surface area contributed by atoms with Crippen molar-refractivity contribution in [3.05, 3.63) is 0 Å². The quantitative estimate of drug-likeness (QED) is 0.788. The first-order valence-electron chi connectivity index (χ1n) is 7.94. The minimum Gasteiger partial charge on any atom is -0.377 e. The lowest BCUT2D eigenvalue weighted by Crippen LogP contribution is -2.53. The van der Waals surface area contributed by atoms with E-state index in [0.29, 0.717) is 12.1 Å². The minimum absolute atomic E-state index is 0.495. The van der Waals surface area contributed by atoms with Crippen LogP contribution in [0.1, 0.15) is 52.4 Å². The standard InChI is InChI=1S/C15H30N2O/c1-3-16-14-9-5-6-10-15(14)17(4-2)12-13-8-7-11-18-13/h13-16H,3-12H2,1-2H3. The third-order valence-electron chi connectivity index (χ3n) is 4.53. The van der Waals surface area contributed by atoms with E-state index in [4.69, 9.17) is 4.74 Å². The SMILES string of the molecule is CCNC1CCCCC1N(CC)CC1CCCO1. The lowest BCUT2D eigenvalue weighted by Gasteiger charge is -2.40. The van der Waals surface area contributed by atoms with Crippen molar-refractivity contribution in [1.82, 2.24) is 10.2 Å². The second-order valence-corrected chi connectivity index (χ2v) is 5.74. The molecule has 3 heteroatoms. The van der Waals surface area contributed by atoms with E-state index in [2.05, 4.69) is 24.1 Å². The first-order chi connectivity index (χ1) is 8.85. The van der Waals surface area contributed by atoms with Crippen LogP contribution >= 0.6 is 0 Å². The van der Waals surface area contributed by atoms with E-state index in [1.54, 1.807) is 0 Å². The molecule has 1 saturated heterocycles. The van der Waals surface area contributed by atoms with Gasteiger partial charge in [-0.1, -0.05) is 26.7 Å². The second-order valence-electron chi connectivity index (χ2n) is 5.74. The molecule has 1 aliphatic carbocycles. The highest BCUT2D eigenvalue weighted by atomic mass is 16.5. The zero-order valence-electron chi connectivity index (χ0n) is 12.2. The second kappa shape index (κ2) is 7.46. The van der Waals surface area contributed by atoms with Gasteiger partial charge in [0.15, 0.2) is 0 Å². The molecule has 3 unspecified atom stereocenters. The van der Waals surface area contributed by atoms with E-state index in [1.807, 2.05) is 0 Å². The number of nitrogens with zero attached hydrogens (tertiary/aromatic N) is 1. The Hall–Kier alpha value is -0.120. The van der Waals surface area contributed by atoms with Gasteiger partial charge in [0.1, 0.15) is 0 Å². The predicted octanol–water partition coefficient (Wildman–Crippen LogP) is 2.41. The molecule has 1 heterocycles. The molecule has 1 aliphatic heterocycles. The largest absolute Gasteiger partial charge is 0.377 e. The number of rotatable bonds is 6. The molecule has 0 aromatic heterocycles. The first kappa shape index (κ1) is 14.3. The molecule has 3 atom stereocenters. The van der Waals surface area contributed by atoms with Crippen molar-refractivity contribution in [2.24, 2.45) is 0 Å². The molecule has 2 aliphatic rings. The van der Waals surface area contributed by atoms with Crippen molar-refractivity contribution < 1.29 is 4.74 Å². The monoisotopic (exact) mass is 254 g/mol. The predicted molar refractivity (Wildman–Crippen MR) is 75.9 cm³/mol. The van der Waals surface area contributed by atoms with Crippen LogP contribution in [0.4, 0.5) is 0 Å².